The highest BCUT2D eigenvalue weighted by molar-refractivity contribution is 8.27. The van der Waals surface area contributed by atoms with Crippen LogP contribution in [-0.2, 0) is 25.3 Å². The molecule has 0 saturated heterocycles. The largest absolute Gasteiger partial charge is 0.438 e. The molecule has 0 aromatic heterocycles. The quantitative estimate of drug-likeness (QED) is 0.0376. The summed E-state index contributed by atoms with van der Waals surface area (Å²) >= 11 is 7.35. The third-order valence-corrected chi connectivity index (χ3v) is 8.20. The lowest BCUT2D eigenvalue weighted by molar-refractivity contribution is -0.196. The van der Waals surface area contributed by atoms with Crippen molar-refractivity contribution in [2.45, 2.75) is 0 Å². The van der Waals surface area contributed by atoms with Crippen LogP contribution in [0.3, 0.4) is 0 Å². The number of alkyl carbamates (subject to hydrolysis) is 1. The summed E-state index contributed by atoms with van der Waals surface area (Å²) in [5, 5.41) is 22.9. The topological polar surface area (TPSA) is 168 Å². The molecule has 0 rings (SSSR count). The first-order valence-electron chi connectivity index (χ1n) is 8.65. The molecule has 4 N–H and O–H groups in total. The fraction of sp³-hybridized carbons (Fsp3) is 0.714. The first-order chi connectivity index (χ1) is 16.1. The molecule has 0 bridgehead atoms. The van der Waals surface area contributed by atoms with E-state index in [1.807, 2.05) is 0 Å². The minimum Gasteiger partial charge on any atom is -0.438 e. The standard InChI is InChI=1S/C14H26N4O8S7/c19-7-29-9-24-13(21)17-4-28-3-16-6-33(23)12-31-11-32-14(22)18-5-27-2-15-1-25-26-10-30-8-20/h1,6,19-20H,2-5,7-12H2,(H,17,21)(H,18,22)/b15-1?,16-6+. The van der Waals surface area contributed by atoms with Crippen LogP contribution < -0.4 is 10.6 Å². The van der Waals surface area contributed by atoms with E-state index in [4.69, 9.17) is 14.9 Å². The highest BCUT2D eigenvalue weighted by Crippen LogP contribution is 2.14. The molecule has 33 heavy (non-hydrogen) atoms. The molecular formula is C14H26N4O8S7. The van der Waals surface area contributed by atoms with Crippen molar-refractivity contribution in [2.75, 3.05) is 57.4 Å². The zero-order valence-corrected chi connectivity index (χ0v) is 23.0. The van der Waals surface area contributed by atoms with Crippen LogP contribution >= 0.6 is 70.6 Å². The molecule has 0 spiro atoms. The monoisotopic (exact) mass is 602 g/mol. The van der Waals surface area contributed by atoms with Crippen molar-refractivity contribution in [1.29, 1.82) is 0 Å². The summed E-state index contributed by atoms with van der Waals surface area (Å²) < 4.78 is 16.6. The second-order valence-corrected chi connectivity index (χ2v) is 12.3. The van der Waals surface area contributed by atoms with Crippen molar-refractivity contribution in [2.24, 2.45) is 9.98 Å². The van der Waals surface area contributed by atoms with Crippen LogP contribution in [-0.4, -0.2) is 95.1 Å². The Labute approximate surface area is 220 Å². The van der Waals surface area contributed by atoms with Gasteiger partial charge in [-0.3, -0.25) is 14.0 Å². The third kappa shape index (κ3) is 26.5. The average molecular weight is 603 g/mol. The molecule has 0 heterocycles. The van der Waals surface area contributed by atoms with Crippen LogP contribution in [0.25, 0.3) is 0 Å². The minimum atomic E-state index is -1.25. The summed E-state index contributed by atoms with van der Waals surface area (Å²) in [6.07, 6.45) is 0.570. The van der Waals surface area contributed by atoms with Gasteiger partial charge in [0.25, 0.3) is 5.24 Å². The summed E-state index contributed by atoms with van der Waals surface area (Å²) in [6.45, 7) is 0. The maximum Gasteiger partial charge on any atom is 0.408 e. The molecule has 12 nitrogen and oxygen atoms in total. The Morgan fingerprint density at radius 3 is 2.39 bits per heavy atom. The third-order valence-electron chi connectivity index (χ3n) is 2.41. The molecule has 0 aromatic carbocycles. The van der Waals surface area contributed by atoms with E-state index in [-0.39, 0.29) is 29.0 Å². The predicted molar refractivity (Wildman–Crippen MR) is 144 cm³/mol. The zero-order chi connectivity index (χ0) is 24.4. The second-order valence-electron chi connectivity index (χ2n) is 4.69. The van der Waals surface area contributed by atoms with Gasteiger partial charge < -0.3 is 30.5 Å². The molecule has 0 aromatic rings. The molecule has 0 aliphatic heterocycles. The van der Waals surface area contributed by atoms with Crippen molar-refractivity contribution in [3.05, 3.63) is 0 Å². The number of amides is 2. The first-order valence-corrected chi connectivity index (χ1v) is 16.8. The Bertz CT molecular complexity index is 592. The average Bonchev–Trinajstić information content (AvgIpc) is 2.80. The van der Waals surface area contributed by atoms with Gasteiger partial charge in [0.2, 0.25) is 6.40 Å². The molecule has 0 aliphatic rings. The van der Waals surface area contributed by atoms with Crippen molar-refractivity contribution >= 4 is 105 Å². The summed E-state index contributed by atoms with van der Waals surface area (Å²) in [5.74, 6) is 1.52. The van der Waals surface area contributed by atoms with E-state index in [0.717, 1.165) is 41.7 Å². The van der Waals surface area contributed by atoms with Gasteiger partial charge in [0.1, 0.15) is 11.9 Å². The number of thioether (sulfide) groups is 6. The van der Waals surface area contributed by atoms with Gasteiger partial charge in [0, 0.05) is 5.08 Å². The number of nitrogens with zero attached hydrogens (tertiary/aromatic N) is 2. The Morgan fingerprint density at radius 1 is 0.939 bits per heavy atom. The van der Waals surface area contributed by atoms with Crippen molar-refractivity contribution in [1.82, 2.24) is 10.6 Å². The fourth-order valence-corrected chi connectivity index (χ4v) is 5.79. The number of aliphatic hydroxyl groups is 2. The van der Waals surface area contributed by atoms with Gasteiger partial charge in [-0.2, -0.15) is 4.89 Å². The maximum atomic E-state index is 11.8. The van der Waals surface area contributed by atoms with E-state index >= 15 is 0 Å². The molecule has 2 amide bonds. The number of carbonyl (C=O) groups is 2. The molecule has 0 radical (unpaired) electrons. The number of rotatable bonds is 21. The zero-order valence-electron chi connectivity index (χ0n) is 17.3. The number of carbonyl (C=O) groups excluding carboxylic acids is 2. The van der Waals surface area contributed by atoms with Crippen molar-refractivity contribution in [3.63, 3.8) is 0 Å². The number of hydrogen-bond acceptors (Lipinski definition) is 16. The van der Waals surface area contributed by atoms with E-state index in [1.54, 1.807) is 0 Å². The molecular weight excluding hydrogens is 577 g/mol. The summed E-state index contributed by atoms with van der Waals surface area (Å²) in [7, 11) is -1.25. The normalized spacial score (nSPS) is 12.2. The molecule has 19 heteroatoms. The minimum absolute atomic E-state index is 0.0498. The fourth-order valence-electron chi connectivity index (χ4n) is 1.20. The highest BCUT2D eigenvalue weighted by Gasteiger charge is 2.03. The van der Waals surface area contributed by atoms with Crippen LogP contribution in [0.15, 0.2) is 9.98 Å². The maximum absolute atomic E-state index is 11.8. The number of hydrogen-bond donors (Lipinski definition) is 4. The summed E-state index contributed by atoms with van der Waals surface area (Å²) in [6, 6.07) is 0. The highest BCUT2D eigenvalue weighted by atomic mass is 32.2. The Hall–Kier alpha value is 0.01000. The van der Waals surface area contributed by atoms with Gasteiger partial charge in [-0.25, -0.2) is 9.79 Å². The lowest BCUT2D eigenvalue weighted by Crippen LogP contribution is -2.23. The van der Waals surface area contributed by atoms with Gasteiger partial charge in [0.15, 0.2) is 0 Å². The number of ether oxygens (including phenoxy) is 1. The Balaban J connectivity index is 3.51. The Morgan fingerprint density at radius 2 is 1.64 bits per heavy atom. The number of aliphatic imine (C=N–C) groups is 2. The van der Waals surface area contributed by atoms with E-state index in [2.05, 4.69) is 30.4 Å². The summed E-state index contributed by atoms with van der Waals surface area (Å²) in [4.78, 5) is 40.1. The van der Waals surface area contributed by atoms with Gasteiger partial charge >= 0.3 is 6.09 Å². The predicted octanol–water partition coefficient (Wildman–Crippen LogP) is 2.13. The van der Waals surface area contributed by atoms with Crippen LogP contribution in [0.5, 0.6) is 0 Å². The summed E-state index contributed by atoms with van der Waals surface area (Å²) in [5.41, 5.74) is 1.35. The van der Waals surface area contributed by atoms with Crippen molar-refractivity contribution in [3.8, 4) is 0 Å². The van der Waals surface area contributed by atoms with Gasteiger partial charge in [-0.15, -0.1) is 47.0 Å². The van der Waals surface area contributed by atoms with E-state index < -0.39 is 16.9 Å². The smallest absolute Gasteiger partial charge is 0.408 e. The first kappa shape index (κ1) is 33.0. The Kier molecular flexibility index (Phi) is 26.6. The number of aliphatic hydroxyl groups excluding tert-OH is 2. The molecule has 192 valence electrons. The molecule has 0 saturated carbocycles. The lowest BCUT2D eigenvalue weighted by atomic mass is 11.1. The van der Waals surface area contributed by atoms with E-state index in [1.165, 1.54) is 40.8 Å². The van der Waals surface area contributed by atoms with E-state index in [9.17, 15) is 13.8 Å². The van der Waals surface area contributed by atoms with E-state index in [0.29, 0.717) is 33.7 Å². The van der Waals surface area contributed by atoms with Gasteiger partial charge in [-0.05, 0) is 0 Å². The van der Waals surface area contributed by atoms with Crippen LogP contribution in [0.2, 0.25) is 0 Å². The van der Waals surface area contributed by atoms with Crippen LogP contribution in [0, 0.1) is 0 Å². The molecule has 0 fully saturated rings. The lowest BCUT2D eigenvalue weighted by Gasteiger charge is -2.04. The van der Waals surface area contributed by atoms with Gasteiger partial charge in [0.05, 0.1) is 56.8 Å². The second kappa shape index (κ2) is 26.6. The van der Waals surface area contributed by atoms with Crippen LogP contribution in [0.1, 0.15) is 0 Å². The van der Waals surface area contributed by atoms with Crippen molar-refractivity contribution < 1.29 is 38.5 Å². The molecule has 1 atom stereocenters. The molecule has 0 aliphatic carbocycles. The van der Waals surface area contributed by atoms with Crippen LogP contribution in [0.4, 0.5) is 9.59 Å². The molecule has 1 unspecified atom stereocenters. The SMILES string of the molecule is O=C(NCSC/N=C/S(=O)CSCSC(=O)NCSCN=COOCSCO)OCSCO. The number of nitrogens with one attached hydrogen (secondary N) is 2. The van der Waals surface area contributed by atoms with Gasteiger partial charge in [-0.1, -0.05) is 23.5 Å².